The molecule has 0 saturated carbocycles. The maximum atomic E-state index is 13.5. The molecule has 8 nitrogen and oxygen atoms in total. The summed E-state index contributed by atoms with van der Waals surface area (Å²) >= 11 is 0. The molecule has 8 heteroatoms. The second kappa shape index (κ2) is 8.89. The quantitative estimate of drug-likeness (QED) is 0.307. The molecule has 1 amide bonds. The molecule has 1 saturated heterocycles. The first kappa shape index (κ1) is 23.0. The normalized spacial score (nSPS) is 21.2. The largest absolute Gasteiger partial charge is 0.507 e. The van der Waals surface area contributed by atoms with Crippen molar-refractivity contribution in [3.8, 4) is 23.0 Å². The number of amides is 1. The molecular weight excluding hydrogens is 474 g/mol. The van der Waals surface area contributed by atoms with E-state index < -0.39 is 17.7 Å². The number of rotatable bonds is 5. The number of carbonyl (C=O) groups is 2. The molecule has 3 aromatic carbocycles. The Bertz CT molecular complexity index is 1460. The van der Waals surface area contributed by atoms with Gasteiger partial charge in [-0.2, -0.15) is 0 Å². The number of Topliss-reactive ketones (excluding diaryl/α,β-unsaturated/α-hetero) is 1. The van der Waals surface area contributed by atoms with Crippen LogP contribution in [0.3, 0.4) is 0 Å². The first-order valence-electron chi connectivity index (χ1n) is 12.2. The van der Waals surface area contributed by atoms with Gasteiger partial charge in [-0.25, -0.2) is 0 Å². The molecule has 3 heterocycles. The Labute approximate surface area is 213 Å². The fourth-order valence-electron chi connectivity index (χ4n) is 5.12. The van der Waals surface area contributed by atoms with Gasteiger partial charge in [0.1, 0.15) is 23.4 Å². The number of ether oxygens (including phenoxy) is 4. The lowest BCUT2D eigenvalue weighted by Gasteiger charge is -2.26. The maximum absolute atomic E-state index is 13.5. The Morgan fingerprint density at radius 3 is 2.68 bits per heavy atom. The van der Waals surface area contributed by atoms with E-state index in [0.29, 0.717) is 47.1 Å². The molecule has 3 aliphatic rings. The number of anilines is 1. The van der Waals surface area contributed by atoms with E-state index >= 15 is 0 Å². The zero-order valence-electron chi connectivity index (χ0n) is 20.4. The SMILES string of the molecule is CCOc1cccc(C2/C(=C(\O)c3ccc4c(c3)CC(C)O4)C(=O)C(=O)N2c2ccc3c(c2)OCO3)c1. The van der Waals surface area contributed by atoms with E-state index in [1.165, 1.54) is 4.90 Å². The van der Waals surface area contributed by atoms with Crippen molar-refractivity contribution in [2.45, 2.75) is 32.4 Å². The highest BCUT2D eigenvalue weighted by atomic mass is 16.7. The van der Waals surface area contributed by atoms with Gasteiger partial charge in [-0.1, -0.05) is 12.1 Å². The summed E-state index contributed by atoms with van der Waals surface area (Å²) in [5.41, 5.74) is 2.47. The van der Waals surface area contributed by atoms with E-state index in [2.05, 4.69) is 0 Å². The van der Waals surface area contributed by atoms with Gasteiger partial charge in [0.15, 0.2) is 11.5 Å². The summed E-state index contributed by atoms with van der Waals surface area (Å²) in [4.78, 5) is 28.4. The second-order valence-electron chi connectivity index (χ2n) is 9.17. The smallest absolute Gasteiger partial charge is 0.300 e. The van der Waals surface area contributed by atoms with Crippen LogP contribution in [0.4, 0.5) is 5.69 Å². The van der Waals surface area contributed by atoms with Crippen molar-refractivity contribution in [2.75, 3.05) is 18.3 Å². The number of carbonyl (C=O) groups excluding carboxylic acids is 2. The molecule has 0 bridgehead atoms. The van der Waals surface area contributed by atoms with Crippen LogP contribution in [-0.2, 0) is 16.0 Å². The van der Waals surface area contributed by atoms with E-state index in [1.807, 2.05) is 26.0 Å². The molecule has 0 aliphatic carbocycles. The molecule has 0 radical (unpaired) electrons. The molecule has 0 aromatic heterocycles. The van der Waals surface area contributed by atoms with Gasteiger partial charge in [-0.05, 0) is 67.4 Å². The predicted octanol–water partition coefficient (Wildman–Crippen LogP) is 4.76. The van der Waals surface area contributed by atoms with Gasteiger partial charge in [0.05, 0.1) is 18.2 Å². The van der Waals surface area contributed by atoms with E-state index in [1.54, 1.807) is 48.5 Å². The van der Waals surface area contributed by atoms with Gasteiger partial charge in [-0.15, -0.1) is 0 Å². The van der Waals surface area contributed by atoms with Gasteiger partial charge in [0.25, 0.3) is 11.7 Å². The van der Waals surface area contributed by atoms with Gasteiger partial charge in [-0.3, -0.25) is 14.5 Å². The Hall–Kier alpha value is -4.46. The number of benzene rings is 3. The number of aliphatic hydroxyl groups excluding tert-OH is 1. The Morgan fingerprint density at radius 1 is 1.03 bits per heavy atom. The first-order chi connectivity index (χ1) is 17.9. The van der Waals surface area contributed by atoms with Gasteiger partial charge < -0.3 is 24.1 Å². The minimum Gasteiger partial charge on any atom is -0.507 e. The van der Waals surface area contributed by atoms with Crippen LogP contribution in [0.2, 0.25) is 0 Å². The predicted molar refractivity (Wildman–Crippen MR) is 135 cm³/mol. The zero-order chi connectivity index (χ0) is 25.7. The third-order valence-corrected chi connectivity index (χ3v) is 6.73. The first-order valence-corrected chi connectivity index (χ1v) is 12.2. The molecule has 0 spiro atoms. The van der Waals surface area contributed by atoms with Crippen LogP contribution in [0.15, 0.2) is 66.2 Å². The minimum absolute atomic E-state index is 0.00299. The van der Waals surface area contributed by atoms with E-state index in [0.717, 1.165) is 11.3 Å². The number of fused-ring (bicyclic) bond motifs is 2. The lowest BCUT2D eigenvalue weighted by atomic mass is 9.94. The molecule has 3 aliphatic heterocycles. The summed E-state index contributed by atoms with van der Waals surface area (Å²) in [7, 11) is 0. The van der Waals surface area contributed by atoms with Crippen LogP contribution in [0.1, 0.15) is 36.6 Å². The van der Waals surface area contributed by atoms with Crippen LogP contribution >= 0.6 is 0 Å². The van der Waals surface area contributed by atoms with E-state index in [4.69, 9.17) is 18.9 Å². The summed E-state index contributed by atoms with van der Waals surface area (Å²) in [5, 5.41) is 11.5. The maximum Gasteiger partial charge on any atom is 0.300 e. The lowest BCUT2D eigenvalue weighted by Crippen LogP contribution is -2.29. The summed E-state index contributed by atoms with van der Waals surface area (Å²) in [6, 6.07) is 16.7. The molecule has 6 rings (SSSR count). The minimum atomic E-state index is -0.885. The third-order valence-electron chi connectivity index (χ3n) is 6.73. The standard InChI is InChI=1S/C29H25NO7/c1-3-34-21-6-4-5-17(13-21)26-25(27(31)18-7-9-22-19(12-18)11-16(2)37-22)28(32)29(33)30(26)20-8-10-23-24(14-20)36-15-35-23/h4-10,12-14,16,26,31H,3,11,15H2,1-2H3/b27-25+. The summed E-state index contributed by atoms with van der Waals surface area (Å²) in [6.45, 7) is 4.39. The number of aliphatic hydroxyl groups is 1. The summed E-state index contributed by atoms with van der Waals surface area (Å²) in [6.07, 6.45) is 0.729. The molecule has 2 atom stereocenters. The number of ketones is 1. The van der Waals surface area contributed by atoms with Crippen molar-refractivity contribution < 1.29 is 33.6 Å². The average Bonchev–Trinajstić information content (AvgIpc) is 3.58. The van der Waals surface area contributed by atoms with Crippen LogP contribution in [0, 0.1) is 0 Å². The van der Waals surface area contributed by atoms with Crippen molar-refractivity contribution in [1.82, 2.24) is 0 Å². The second-order valence-corrected chi connectivity index (χ2v) is 9.17. The molecule has 1 fully saturated rings. The lowest BCUT2D eigenvalue weighted by molar-refractivity contribution is -0.132. The fraction of sp³-hybridized carbons (Fsp3) is 0.241. The average molecular weight is 500 g/mol. The molecule has 2 unspecified atom stereocenters. The third kappa shape index (κ3) is 3.85. The topological polar surface area (TPSA) is 94.5 Å². The van der Waals surface area contributed by atoms with Crippen LogP contribution in [-0.4, -0.2) is 36.3 Å². The van der Waals surface area contributed by atoms with Crippen LogP contribution in [0.5, 0.6) is 23.0 Å². The molecule has 1 N–H and O–H groups in total. The molecule has 188 valence electrons. The molecule has 3 aromatic rings. The van der Waals surface area contributed by atoms with Crippen LogP contribution < -0.4 is 23.8 Å². The van der Waals surface area contributed by atoms with Crippen molar-refractivity contribution >= 4 is 23.1 Å². The van der Waals surface area contributed by atoms with Crippen LogP contribution in [0.25, 0.3) is 5.76 Å². The van der Waals surface area contributed by atoms with Crippen molar-refractivity contribution in [2.24, 2.45) is 0 Å². The Kier molecular flexibility index (Phi) is 5.52. The molecular formula is C29H25NO7. The van der Waals surface area contributed by atoms with E-state index in [-0.39, 0.29) is 24.2 Å². The highest BCUT2D eigenvalue weighted by Crippen LogP contribution is 2.45. The highest BCUT2D eigenvalue weighted by molar-refractivity contribution is 6.51. The monoisotopic (exact) mass is 499 g/mol. The molecule has 37 heavy (non-hydrogen) atoms. The summed E-state index contributed by atoms with van der Waals surface area (Å²) < 4.78 is 22.4. The van der Waals surface area contributed by atoms with E-state index in [9.17, 15) is 14.7 Å². The van der Waals surface area contributed by atoms with Gasteiger partial charge >= 0.3 is 0 Å². The van der Waals surface area contributed by atoms with Crippen molar-refractivity contribution in [3.63, 3.8) is 0 Å². The van der Waals surface area contributed by atoms with Crippen molar-refractivity contribution in [1.29, 1.82) is 0 Å². The van der Waals surface area contributed by atoms with Gasteiger partial charge in [0.2, 0.25) is 6.79 Å². The number of nitrogens with zero attached hydrogens (tertiary/aromatic N) is 1. The van der Waals surface area contributed by atoms with Crippen molar-refractivity contribution in [3.05, 3.63) is 82.9 Å². The summed E-state index contributed by atoms with van der Waals surface area (Å²) in [5.74, 6) is 0.637. The fourth-order valence-corrected chi connectivity index (χ4v) is 5.12. The number of hydrogen-bond donors (Lipinski definition) is 1. The zero-order valence-corrected chi connectivity index (χ0v) is 20.4. The number of hydrogen-bond acceptors (Lipinski definition) is 7. The Morgan fingerprint density at radius 2 is 1.84 bits per heavy atom. The Balaban J connectivity index is 1.52. The van der Waals surface area contributed by atoms with Gasteiger partial charge in [0, 0.05) is 23.7 Å². The highest BCUT2D eigenvalue weighted by Gasteiger charge is 2.47.